The molecule has 0 heterocycles. The Morgan fingerprint density at radius 3 is 2.73 bits per heavy atom. The van der Waals surface area contributed by atoms with E-state index >= 15 is 0 Å². The van der Waals surface area contributed by atoms with Crippen molar-refractivity contribution < 1.29 is 9.53 Å². The van der Waals surface area contributed by atoms with Crippen molar-refractivity contribution in [3.63, 3.8) is 0 Å². The maximum atomic E-state index is 11.2. The third-order valence-corrected chi connectivity index (χ3v) is 1.93. The van der Waals surface area contributed by atoms with Crippen molar-refractivity contribution in [1.82, 2.24) is 0 Å². The minimum atomic E-state index is -0.271. The van der Waals surface area contributed by atoms with Crippen LogP contribution in [-0.4, -0.2) is 5.97 Å². The third kappa shape index (κ3) is 5.01. The molecule has 15 heavy (non-hydrogen) atoms. The van der Waals surface area contributed by atoms with Gasteiger partial charge in [-0.3, -0.25) is 0 Å². The molecule has 2 heteroatoms. The number of rotatable bonds is 5. The van der Waals surface area contributed by atoms with Gasteiger partial charge in [0, 0.05) is 6.08 Å². The normalized spacial score (nSPS) is 10.5. The molecule has 1 aromatic rings. The number of ether oxygens (including phenoxy) is 1. The molecule has 0 aliphatic carbocycles. The van der Waals surface area contributed by atoms with Gasteiger partial charge in [-0.15, -0.1) is 0 Å². The van der Waals surface area contributed by atoms with E-state index in [0.717, 1.165) is 18.4 Å². The van der Waals surface area contributed by atoms with Gasteiger partial charge in [0.25, 0.3) is 0 Å². The quantitative estimate of drug-likeness (QED) is 0.544. The summed E-state index contributed by atoms with van der Waals surface area (Å²) in [5, 5.41) is 0. The minimum Gasteiger partial charge on any atom is -0.458 e. The molecule has 1 rings (SSSR count). The molecule has 0 fully saturated rings. The van der Waals surface area contributed by atoms with Gasteiger partial charge in [0.15, 0.2) is 0 Å². The van der Waals surface area contributed by atoms with Crippen molar-refractivity contribution in [3.05, 3.63) is 48.0 Å². The summed E-state index contributed by atoms with van der Waals surface area (Å²) < 4.78 is 5.05. The Kier molecular flexibility index (Phi) is 5.23. The van der Waals surface area contributed by atoms with Gasteiger partial charge < -0.3 is 4.74 Å². The summed E-state index contributed by atoms with van der Waals surface area (Å²) in [6.45, 7) is 2.41. The Labute approximate surface area is 90.6 Å². The van der Waals surface area contributed by atoms with Gasteiger partial charge in [0.2, 0.25) is 0 Å². The molecule has 0 saturated heterocycles. The van der Waals surface area contributed by atoms with Crippen LogP contribution in [0.5, 0.6) is 0 Å². The van der Waals surface area contributed by atoms with Crippen LogP contribution in [0.15, 0.2) is 42.5 Å². The second-order valence-electron chi connectivity index (χ2n) is 3.28. The summed E-state index contributed by atoms with van der Waals surface area (Å²) in [5.41, 5.74) is 1.01. The van der Waals surface area contributed by atoms with Gasteiger partial charge in [-0.25, -0.2) is 4.79 Å². The molecule has 0 spiro atoms. The second kappa shape index (κ2) is 6.82. The van der Waals surface area contributed by atoms with E-state index in [9.17, 15) is 4.79 Å². The number of esters is 1. The van der Waals surface area contributed by atoms with E-state index < -0.39 is 0 Å². The topological polar surface area (TPSA) is 26.3 Å². The monoisotopic (exact) mass is 204 g/mol. The molecule has 0 N–H and O–H groups in total. The molecule has 0 aliphatic rings. The molecule has 2 nitrogen and oxygen atoms in total. The number of allylic oxidation sites excluding steroid dienone is 1. The first-order valence-electron chi connectivity index (χ1n) is 5.20. The number of benzene rings is 1. The average molecular weight is 204 g/mol. The molecule has 80 valence electrons. The first-order valence-corrected chi connectivity index (χ1v) is 5.20. The van der Waals surface area contributed by atoms with Crippen LogP contribution >= 0.6 is 0 Å². The second-order valence-corrected chi connectivity index (χ2v) is 3.28. The van der Waals surface area contributed by atoms with Gasteiger partial charge in [-0.1, -0.05) is 49.8 Å². The van der Waals surface area contributed by atoms with Crippen LogP contribution in [0.4, 0.5) is 0 Å². The Morgan fingerprint density at radius 1 is 1.33 bits per heavy atom. The van der Waals surface area contributed by atoms with E-state index in [4.69, 9.17) is 4.74 Å². The summed E-state index contributed by atoms with van der Waals surface area (Å²) in [7, 11) is 0. The van der Waals surface area contributed by atoms with E-state index in [-0.39, 0.29) is 5.97 Å². The zero-order valence-electron chi connectivity index (χ0n) is 8.98. The highest BCUT2D eigenvalue weighted by Gasteiger charge is 1.96. The Bertz CT molecular complexity index is 315. The molecule has 0 saturated carbocycles. The molecule has 0 radical (unpaired) electrons. The molecule has 1 aromatic carbocycles. The zero-order chi connectivity index (χ0) is 10.9. The van der Waals surface area contributed by atoms with E-state index in [1.807, 2.05) is 36.4 Å². The van der Waals surface area contributed by atoms with Crippen molar-refractivity contribution in [2.75, 3.05) is 0 Å². The van der Waals surface area contributed by atoms with E-state index in [1.54, 1.807) is 0 Å². The van der Waals surface area contributed by atoms with E-state index in [2.05, 4.69) is 6.92 Å². The lowest BCUT2D eigenvalue weighted by molar-refractivity contribution is -0.139. The number of hydrogen-bond acceptors (Lipinski definition) is 2. The summed E-state index contributed by atoms with van der Waals surface area (Å²) in [5.74, 6) is -0.271. The van der Waals surface area contributed by atoms with E-state index in [1.165, 1.54) is 6.08 Å². The molecular weight excluding hydrogens is 188 g/mol. The predicted molar refractivity (Wildman–Crippen MR) is 60.3 cm³/mol. The van der Waals surface area contributed by atoms with Crippen LogP contribution < -0.4 is 0 Å². The van der Waals surface area contributed by atoms with Gasteiger partial charge in [0.1, 0.15) is 6.61 Å². The molecule has 0 aromatic heterocycles. The van der Waals surface area contributed by atoms with Gasteiger partial charge in [-0.05, 0) is 12.0 Å². The van der Waals surface area contributed by atoms with Gasteiger partial charge >= 0.3 is 5.97 Å². The Hall–Kier alpha value is -1.57. The summed E-state index contributed by atoms with van der Waals surface area (Å²) in [6.07, 6.45) is 5.29. The maximum absolute atomic E-state index is 11.2. The first kappa shape index (κ1) is 11.5. The van der Waals surface area contributed by atoms with Crippen molar-refractivity contribution in [2.24, 2.45) is 0 Å². The fourth-order valence-electron chi connectivity index (χ4n) is 1.12. The third-order valence-electron chi connectivity index (χ3n) is 1.93. The number of unbranched alkanes of at least 4 members (excludes halogenated alkanes) is 1. The predicted octanol–water partition coefficient (Wildman–Crippen LogP) is 3.09. The van der Waals surface area contributed by atoms with Gasteiger partial charge in [0.05, 0.1) is 0 Å². The first-order chi connectivity index (χ1) is 7.33. The lowest BCUT2D eigenvalue weighted by atomic mass is 10.2. The summed E-state index contributed by atoms with van der Waals surface area (Å²) >= 11 is 0. The van der Waals surface area contributed by atoms with Gasteiger partial charge in [-0.2, -0.15) is 0 Å². The van der Waals surface area contributed by atoms with Crippen LogP contribution in [0.2, 0.25) is 0 Å². The Balaban J connectivity index is 2.28. The van der Waals surface area contributed by atoms with Crippen molar-refractivity contribution in [3.8, 4) is 0 Å². The minimum absolute atomic E-state index is 0.271. The molecule has 0 amide bonds. The molecule has 0 aliphatic heterocycles. The number of carbonyl (C=O) groups is 1. The molecule has 0 atom stereocenters. The zero-order valence-corrected chi connectivity index (χ0v) is 8.98. The Morgan fingerprint density at radius 2 is 2.07 bits per heavy atom. The smallest absolute Gasteiger partial charge is 0.330 e. The lowest BCUT2D eigenvalue weighted by Gasteiger charge is -2.01. The highest BCUT2D eigenvalue weighted by Crippen LogP contribution is 2.01. The molecule has 0 bridgehead atoms. The van der Waals surface area contributed by atoms with Crippen LogP contribution in [0.1, 0.15) is 25.3 Å². The summed E-state index contributed by atoms with van der Waals surface area (Å²) in [6, 6.07) is 9.66. The lowest BCUT2D eigenvalue weighted by Crippen LogP contribution is -2.00. The highest BCUT2D eigenvalue weighted by atomic mass is 16.5. The highest BCUT2D eigenvalue weighted by molar-refractivity contribution is 5.81. The van der Waals surface area contributed by atoms with Crippen molar-refractivity contribution >= 4 is 5.97 Å². The standard InChI is InChI=1S/C13H16O2/c1-2-3-5-10-13(14)15-11-12-8-6-4-7-9-12/h4-10H,2-3,11H2,1H3. The summed E-state index contributed by atoms with van der Waals surface area (Å²) in [4.78, 5) is 11.2. The fraction of sp³-hybridized carbons (Fsp3) is 0.308. The average Bonchev–Trinajstić information content (AvgIpc) is 2.28. The molecular formula is C13H16O2. The SMILES string of the molecule is CCCC=CC(=O)OCc1ccccc1. The fourth-order valence-corrected chi connectivity index (χ4v) is 1.12. The molecule has 0 unspecified atom stereocenters. The van der Waals surface area contributed by atoms with Crippen LogP contribution in [-0.2, 0) is 16.1 Å². The van der Waals surface area contributed by atoms with E-state index in [0.29, 0.717) is 6.61 Å². The van der Waals surface area contributed by atoms with Crippen LogP contribution in [0.3, 0.4) is 0 Å². The largest absolute Gasteiger partial charge is 0.458 e. The number of hydrogen-bond donors (Lipinski definition) is 0. The van der Waals surface area contributed by atoms with Crippen LogP contribution in [0, 0.1) is 0 Å². The van der Waals surface area contributed by atoms with Crippen molar-refractivity contribution in [1.29, 1.82) is 0 Å². The van der Waals surface area contributed by atoms with Crippen LogP contribution in [0.25, 0.3) is 0 Å². The van der Waals surface area contributed by atoms with Crippen molar-refractivity contribution in [2.45, 2.75) is 26.4 Å². The number of carbonyl (C=O) groups excluding carboxylic acids is 1. The maximum Gasteiger partial charge on any atom is 0.330 e.